The van der Waals surface area contributed by atoms with E-state index in [-0.39, 0.29) is 0 Å². The van der Waals surface area contributed by atoms with Crippen LogP contribution in [0, 0.1) is 5.41 Å². The molecule has 0 unspecified atom stereocenters. The predicted molar refractivity (Wildman–Crippen MR) is 46.6 cm³/mol. The zero-order valence-corrected chi connectivity index (χ0v) is 7.57. The van der Waals surface area contributed by atoms with Crippen molar-refractivity contribution in [3.8, 4) is 0 Å². The maximum Gasteiger partial charge on any atom is 0.00451 e. The fourth-order valence-corrected chi connectivity index (χ4v) is 0.947. The van der Waals surface area contributed by atoms with E-state index in [2.05, 4.69) is 33.8 Å². The van der Waals surface area contributed by atoms with Crippen molar-refractivity contribution in [2.45, 2.75) is 40.5 Å². The molecule has 0 heterocycles. The van der Waals surface area contributed by atoms with Gasteiger partial charge in [0.15, 0.2) is 0 Å². The van der Waals surface area contributed by atoms with Gasteiger partial charge < -0.3 is 5.73 Å². The summed E-state index contributed by atoms with van der Waals surface area (Å²) in [6.07, 6.45) is 4.13. The zero-order chi connectivity index (χ0) is 8.20. The van der Waals surface area contributed by atoms with Crippen molar-refractivity contribution in [3.05, 3.63) is 11.8 Å². The van der Waals surface area contributed by atoms with Gasteiger partial charge in [-0.05, 0) is 18.3 Å². The number of hydrogen-bond acceptors (Lipinski definition) is 1. The van der Waals surface area contributed by atoms with Crippen molar-refractivity contribution in [1.82, 2.24) is 0 Å². The Morgan fingerprint density at radius 1 is 1.40 bits per heavy atom. The molecule has 0 saturated heterocycles. The SMILES string of the molecule is CC/C=C(\N)CC(C)(C)C. The van der Waals surface area contributed by atoms with Crippen molar-refractivity contribution in [2.24, 2.45) is 11.1 Å². The molecule has 1 nitrogen and oxygen atoms in total. The predicted octanol–water partition coefficient (Wildman–Crippen LogP) is 2.68. The van der Waals surface area contributed by atoms with Crippen LogP contribution in [0.3, 0.4) is 0 Å². The van der Waals surface area contributed by atoms with Gasteiger partial charge in [-0.15, -0.1) is 0 Å². The fraction of sp³-hybridized carbons (Fsp3) is 0.778. The second kappa shape index (κ2) is 3.65. The van der Waals surface area contributed by atoms with Gasteiger partial charge in [0.05, 0.1) is 0 Å². The lowest BCUT2D eigenvalue weighted by Gasteiger charge is -2.17. The Morgan fingerprint density at radius 2 is 1.90 bits per heavy atom. The van der Waals surface area contributed by atoms with E-state index in [1.54, 1.807) is 0 Å². The molecule has 0 radical (unpaired) electrons. The summed E-state index contributed by atoms with van der Waals surface area (Å²) in [5.41, 5.74) is 7.08. The van der Waals surface area contributed by atoms with Gasteiger partial charge in [0.25, 0.3) is 0 Å². The van der Waals surface area contributed by atoms with Crippen LogP contribution in [0.5, 0.6) is 0 Å². The van der Waals surface area contributed by atoms with Gasteiger partial charge in [-0.2, -0.15) is 0 Å². The maximum atomic E-state index is 5.73. The molecule has 0 aromatic heterocycles. The zero-order valence-electron chi connectivity index (χ0n) is 7.57. The molecule has 0 amide bonds. The molecule has 0 aliphatic carbocycles. The summed E-state index contributed by atoms with van der Waals surface area (Å²) in [4.78, 5) is 0. The third kappa shape index (κ3) is 5.67. The Labute approximate surface area is 64.3 Å². The molecule has 1 heteroatoms. The second-order valence-electron chi connectivity index (χ2n) is 3.92. The molecule has 60 valence electrons. The van der Waals surface area contributed by atoms with Gasteiger partial charge in [0.1, 0.15) is 0 Å². The molecule has 0 spiro atoms. The highest BCUT2D eigenvalue weighted by atomic mass is 14.6. The van der Waals surface area contributed by atoms with E-state index in [1.165, 1.54) is 0 Å². The van der Waals surface area contributed by atoms with E-state index >= 15 is 0 Å². The molecule has 2 N–H and O–H groups in total. The van der Waals surface area contributed by atoms with Crippen LogP contribution in [-0.2, 0) is 0 Å². The summed E-state index contributed by atoms with van der Waals surface area (Å²) in [6.45, 7) is 8.70. The van der Waals surface area contributed by atoms with Crippen molar-refractivity contribution < 1.29 is 0 Å². The number of hydrogen-bond donors (Lipinski definition) is 1. The minimum absolute atomic E-state index is 0.329. The highest BCUT2D eigenvalue weighted by Crippen LogP contribution is 2.21. The van der Waals surface area contributed by atoms with Crippen LogP contribution in [-0.4, -0.2) is 0 Å². The number of allylic oxidation sites excluding steroid dienone is 2. The quantitative estimate of drug-likeness (QED) is 0.628. The minimum Gasteiger partial charge on any atom is -0.402 e. The lowest BCUT2D eigenvalue weighted by molar-refractivity contribution is 0.407. The lowest BCUT2D eigenvalue weighted by Crippen LogP contribution is -2.10. The molecular formula is C9H19N. The molecule has 0 rings (SSSR count). The highest BCUT2D eigenvalue weighted by molar-refractivity contribution is 4.98. The smallest absolute Gasteiger partial charge is 0.00451 e. The monoisotopic (exact) mass is 141 g/mol. The van der Waals surface area contributed by atoms with Crippen LogP contribution in [0.4, 0.5) is 0 Å². The first-order valence-electron chi connectivity index (χ1n) is 3.90. The van der Waals surface area contributed by atoms with Gasteiger partial charge >= 0.3 is 0 Å². The average Bonchev–Trinajstić information content (AvgIpc) is 1.59. The molecule has 0 fully saturated rings. The molecule has 0 atom stereocenters. The van der Waals surface area contributed by atoms with Crippen LogP contribution in [0.1, 0.15) is 40.5 Å². The van der Waals surface area contributed by atoms with E-state index in [1.807, 2.05) is 0 Å². The van der Waals surface area contributed by atoms with E-state index in [0.717, 1.165) is 18.5 Å². The van der Waals surface area contributed by atoms with Crippen LogP contribution in [0.15, 0.2) is 11.8 Å². The molecule has 0 aromatic carbocycles. The summed E-state index contributed by atoms with van der Waals surface area (Å²) >= 11 is 0. The van der Waals surface area contributed by atoms with Gasteiger partial charge in [0.2, 0.25) is 0 Å². The Hall–Kier alpha value is -0.460. The van der Waals surface area contributed by atoms with Crippen molar-refractivity contribution in [2.75, 3.05) is 0 Å². The molecular weight excluding hydrogens is 122 g/mol. The molecule has 10 heavy (non-hydrogen) atoms. The molecule has 0 bridgehead atoms. The third-order valence-corrected chi connectivity index (χ3v) is 1.20. The molecule has 0 saturated carbocycles. The van der Waals surface area contributed by atoms with E-state index in [0.29, 0.717) is 5.41 Å². The summed E-state index contributed by atoms with van der Waals surface area (Å²) in [5.74, 6) is 0. The Balaban J connectivity index is 3.79. The van der Waals surface area contributed by atoms with Crippen LogP contribution < -0.4 is 5.73 Å². The first kappa shape index (κ1) is 9.54. The van der Waals surface area contributed by atoms with Crippen LogP contribution in [0.25, 0.3) is 0 Å². The van der Waals surface area contributed by atoms with Gasteiger partial charge in [-0.1, -0.05) is 33.8 Å². The normalized spacial score (nSPS) is 13.8. The summed E-state index contributed by atoms with van der Waals surface area (Å²) in [7, 11) is 0. The summed E-state index contributed by atoms with van der Waals surface area (Å²) in [6, 6.07) is 0. The number of nitrogens with two attached hydrogens (primary N) is 1. The third-order valence-electron chi connectivity index (χ3n) is 1.20. The van der Waals surface area contributed by atoms with E-state index in [9.17, 15) is 0 Å². The lowest BCUT2D eigenvalue weighted by atomic mass is 9.90. The van der Waals surface area contributed by atoms with E-state index in [4.69, 9.17) is 5.73 Å². The fourth-order valence-electron chi connectivity index (χ4n) is 0.947. The first-order valence-corrected chi connectivity index (χ1v) is 3.90. The molecule has 0 aromatic rings. The summed E-state index contributed by atoms with van der Waals surface area (Å²) < 4.78 is 0. The topological polar surface area (TPSA) is 26.0 Å². The second-order valence-corrected chi connectivity index (χ2v) is 3.92. The van der Waals surface area contributed by atoms with Gasteiger partial charge in [-0.3, -0.25) is 0 Å². The van der Waals surface area contributed by atoms with E-state index < -0.39 is 0 Å². The Bertz CT molecular complexity index is 117. The van der Waals surface area contributed by atoms with Crippen molar-refractivity contribution >= 4 is 0 Å². The van der Waals surface area contributed by atoms with Crippen LogP contribution >= 0.6 is 0 Å². The highest BCUT2D eigenvalue weighted by Gasteiger charge is 2.10. The largest absolute Gasteiger partial charge is 0.402 e. The Morgan fingerprint density at radius 3 is 2.20 bits per heavy atom. The van der Waals surface area contributed by atoms with Crippen molar-refractivity contribution in [3.63, 3.8) is 0 Å². The molecule has 0 aliphatic rings. The summed E-state index contributed by atoms with van der Waals surface area (Å²) in [5, 5.41) is 0. The van der Waals surface area contributed by atoms with Crippen molar-refractivity contribution in [1.29, 1.82) is 0 Å². The average molecular weight is 141 g/mol. The minimum atomic E-state index is 0.329. The maximum absolute atomic E-state index is 5.73. The van der Waals surface area contributed by atoms with Gasteiger partial charge in [-0.25, -0.2) is 0 Å². The van der Waals surface area contributed by atoms with Crippen LogP contribution in [0.2, 0.25) is 0 Å². The van der Waals surface area contributed by atoms with Gasteiger partial charge in [0, 0.05) is 5.70 Å². The Kier molecular flexibility index (Phi) is 3.48. The first-order chi connectivity index (χ1) is 4.45. The molecule has 0 aliphatic heterocycles. The number of rotatable bonds is 2. The standard InChI is InChI=1S/C9H19N/c1-5-6-8(10)7-9(2,3)4/h6H,5,7,10H2,1-4H3/b8-6-.